The number of aromatic nitrogens is 1. The van der Waals surface area contributed by atoms with Gasteiger partial charge in [0, 0.05) is 37.0 Å². The molecule has 3 rings (SSSR count). The molecule has 5 N–H and O–H groups in total. The number of anilines is 1. The molecule has 0 unspecified atom stereocenters. The Morgan fingerprint density at radius 3 is 1.43 bits per heavy atom. The van der Waals surface area contributed by atoms with Gasteiger partial charge in [0.25, 0.3) is 0 Å². The molecule has 3 aromatic rings. The van der Waals surface area contributed by atoms with Crippen molar-refractivity contribution in [1.82, 2.24) is 20.1 Å². The van der Waals surface area contributed by atoms with Gasteiger partial charge in [-0.05, 0) is 25.0 Å². The summed E-state index contributed by atoms with van der Waals surface area (Å²) in [6.45, 7) is -0.0308. The Labute approximate surface area is 276 Å². The van der Waals surface area contributed by atoms with Crippen molar-refractivity contribution >= 4 is 51.3 Å². The molecule has 0 saturated heterocycles. The lowest BCUT2D eigenvalue weighted by molar-refractivity contribution is -0.143. The van der Waals surface area contributed by atoms with Crippen molar-refractivity contribution in [3.63, 3.8) is 0 Å². The van der Waals surface area contributed by atoms with E-state index < -0.39 is 37.5 Å². The normalized spacial score (nSPS) is 11.4. The summed E-state index contributed by atoms with van der Waals surface area (Å²) in [7, 11) is 0. The fourth-order valence-corrected chi connectivity index (χ4v) is 5.68. The Balaban J connectivity index is 1.20. The summed E-state index contributed by atoms with van der Waals surface area (Å²) in [6.07, 6.45) is 11.3. The van der Waals surface area contributed by atoms with E-state index in [9.17, 15) is 24.3 Å². The number of carbonyl (C=O) groups excluding carboxylic acids is 1. The van der Waals surface area contributed by atoms with E-state index in [-0.39, 0.29) is 25.5 Å². The lowest BCUT2D eigenvalue weighted by Gasteiger charge is -2.24. The van der Waals surface area contributed by atoms with E-state index in [1.807, 2.05) is 12.1 Å². The van der Waals surface area contributed by atoms with Gasteiger partial charge in [0.15, 0.2) is 0 Å². The predicted molar refractivity (Wildman–Crippen MR) is 183 cm³/mol. The number of benzene rings is 2. The molecule has 0 saturated carbocycles. The van der Waals surface area contributed by atoms with Crippen LogP contribution < -0.4 is 10.6 Å². The molecule has 1 amide bonds. The fourth-order valence-electron chi connectivity index (χ4n) is 5.68. The second-order valence-corrected chi connectivity index (χ2v) is 11.9. The second-order valence-electron chi connectivity index (χ2n) is 11.9. The van der Waals surface area contributed by atoms with E-state index in [4.69, 9.17) is 15.2 Å². The van der Waals surface area contributed by atoms with Crippen LogP contribution in [0.15, 0.2) is 48.5 Å². The number of carboxylic acids is 3. The van der Waals surface area contributed by atoms with E-state index in [0.29, 0.717) is 6.54 Å². The van der Waals surface area contributed by atoms with Crippen LogP contribution in [-0.2, 0) is 19.2 Å². The largest absolute Gasteiger partial charge is 0.480 e. The zero-order valence-electron chi connectivity index (χ0n) is 27.2. The second kappa shape index (κ2) is 20.8. The molecule has 0 spiro atoms. The van der Waals surface area contributed by atoms with Crippen LogP contribution in [0.3, 0.4) is 0 Å². The maximum Gasteiger partial charge on any atom is 0.317 e. The molecule has 2 aromatic carbocycles. The minimum atomic E-state index is -1.18. The molecule has 47 heavy (non-hydrogen) atoms. The van der Waals surface area contributed by atoms with Gasteiger partial charge in [-0.2, -0.15) is 0 Å². The average Bonchev–Trinajstić information content (AvgIpc) is 3.02. The number of carbonyl (C=O) groups is 4. The molecule has 0 radical (unpaired) electrons. The first kappa shape index (κ1) is 37.2. The van der Waals surface area contributed by atoms with E-state index >= 15 is 0 Å². The van der Waals surface area contributed by atoms with Gasteiger partial charge in [0.1, 0.15) is 0 Å². The van der Waals surface area contributed by atoms with Crippen LogP contribution in [-0.4, -0.2) is 106 Å². The minimum Gasteiger partial charge on any atom is -0.480 e. The number of para-hydroxylation sites is 2. The first-order valence-electron chi connectivity index (χ1n) is 16.6. The molecule has 1 heterocycles. The quantitative estimate of drug-likeness (QED) is 0.0636. The van der Waals surface area contributed by atoms with Crippen LogP contribution in [0.5, 0.6) is 0 Å². The number of fused-ring (bicyclic) bond motifs is 2. The Morgan fingerprint density at radius 1 is 0.553 bits per heavy atom. The number of pyridine rings is 1. The highest BCUT2D eigenvalue weighted by Gasteiger charge is 2.18. The summed E-state index contributed by atoms with van der Waals surface area (Å²) in [6, 6.07) is 16.5. The smallest absolute Gasteiger partial charge is 0.317 e. The highest BCUT2D eigenvalue weighted by molar-refractivity contribution is 6.07. The zero-order valence-corrected chi connectivity index (χ0v) is 27.2. The number of aliphatic carboxylic acids is 3. The Bertz CT molecular complexity index is 1380. The number of nitrogens with one attached hydrogen (secondary N) is 2. The highest BCUT2D eigenvalue weighted by atomic mass is 16.4. The number of rotatable bonds is 25. The summed E-state index contributed by atoms with van der Waals surface area (Å²) >= 11 is 0. The SMILES string of the molecule is O=C(O)CN(CCN(CC(=O)O)CC(=O)NCCCCCCCCCCCCNc1c2ccccc2nc2ccccc12)CC(=O)O. The van der Waals surface area contributed by atoms with E-state index in [1.165, 1.54) is 47.6 Å². The summed E-state index contributed by atoms with van der Waals surface area (Å²) in [4.78, 5) is 52.9. The molecular weight excluding hydrogens is 602 g/mol. The number of carboxylic acid groups (broad SMARTS) is 3. The standard InChI is InChI=1S/C35H49N5O7/c41-31(23-39(24-32(42)43)21-22-40(25-33(44)45)26-34(46)47)36-19-13-7-5-3-1-2-4-6-8-14-20-37-35-27-15-9-11-17-29(27)38-30-18-12-10-16-28(30)35/h9-12,15-18H,1-8,13-14,19-26H2,(H,36,41)(H,37,38)(H,42,43)(H,44,45)(H,46,47). The summed E-state index contributed by atoms with van der Waals surface area (Å²) in [5, 5.41) is 35.9. The lowest BCUT2D eigenvalue weighted by atomic mass is 10.1. The molecule has 12 nitrogen and oxygen atoms in total. The first-order valence-corrected chi connectivity index (χ1v) is 16.6. The van der Waals surface area contributed by atoms with Gasteiger partial charge in [0.05, 0.1) is 42.9 Å². The van der Waals surface area contributed by atoms with Crippen molar-refractivity contribution in [3.8, 4) is 0 Å². The van der Waals surface area contributed by atoms with Crippen LogP contribution >= 0.6 is 0 Å². The van der Waals surface area contributed by atoms with Crippen molar-refractivity contribution < 1.29 is 34.5 Å². The van der Waals surface area contributed by atoms with Gasteiger partial charge in [-0.1, -0.05) is 87.8 Å². The van der Waals surface area contributed by atoms with Gasteiger partial charge < -0.3 is 26.0 Å². The van der Waals surface area contributed by atoms with Crippen molar-refractivity contribution in [2.45, 2.75) is 64.2 Å². The molecular formula is C35H49N5O7. The topological polar surface area (TPSA) is 172 Å². The predicted octanol–water partition coefficient (Wildman–Crippen LogP) is 4.67. The third-order valence-corrected chi connectivity index (χ3v) is 7.99. The Kier molecular flexibility index (Phi) is 16.4. The third-order valence-electron chi connectivity index (χ3n) is 7.99. The maximum atomic E-state index is 12.4. The molecule has 0 fully saturated rings. The van der Waals surface area contributed by atoms with Gasteiger partial charge in [-0.25, -0.2) is 4.98 Å². The van der Waals surface area contributed by atoms with Gasteiger partial charge in [-0.15, -0.1) is 0 Å². The van der Waals surface area contributed by atoms with E-state index in [0.717, 1.165) is 60.5 Å². The van der Waals surface area contributed by atoms with Crippen LogP contribution in [0.25, 0.3) is 21.8 Å². The summed E-state index contributed by atoms with van der Waals surface area (Å²) in [5.74, 6) is -3.80. The van der Waals surface area contributed by atoms with E-state index in [2.05, 4.69) is 47.0 Å². The number of hydrogen-bond donors (Lipinski definition) is 5. The third kappa shape index (κ3) is 14.3. The van der Waals surface area contributed by atoms with Crippen molar-refractivity contribution in [3.05, 3.63) is 48.5 Å². The monoisotopic (exact) mass is 651 g/mol. The van der Waals surface area contributed by atoms with Crippen molar-refractivity contribution in [2.24, 2.45) is 0 Å². The molecule has 12 heteroatoms. The fraction of sp³-hybridized carbons (Fsp3) is 0.514. The Morgan fingerprint density at radius 2 is 0.957 bits per heavy atom. The van der Waals surface area contributed by atoms with Gasteiger partial charge in [-0.3, -0.25) is 29.0 Å². The molecule has 0 aliphatic carbocycles. The van der Waals surface area contributed by atoms with Gasteiger partial charge >= 0.3 is 17.9 Å². The molecule has 0 aliphatic rings. The number of nitrogens with zero attached hydrogens (tertiary/aromatic N) is 3. The maximum absolute atomic E-state index is 12.4. The first-order chi connectivity index (χ1) is 22.7. The van der Waals surface area contributed by atoms with Gasteiger partial charge in [0.2, 0.25) is 5.91 Å². The lowest BCUT2D eigenvalue weighted by Crippen LogP contribution is -2.45. The Hall–Kier alpha value is -4.29. The van der Waals surface area contributed by atoms with Crippen LogP contribution in [0.1, 0.15) is 64.2 Å². The van der Waals surface area contributed by atoms with Crippen molar-refractivity contribution in [2.75, 3.05) is 57.7 Å². The number of unbranched alkanes of at least 4 members (excludes halogenated alkanes) is 9. The summed E-state index contributed by atoms with van der Waals surface area (Å²) < 4.78 is 0. The highest BCUT2D eigenvalue weighted by Crippen LogP contribution is 2.30. The number of amides is 1. The van der Waals surface area contributed by atoms with Crippen LogP contribution in [0.2, 0.25) is 0 Å². The number of hydrogen-bond acceptors (Lipinski definition) is 8. The van der Waals surface area contributed by atoms with Crippen molar-refractivity contribution in [1.29, 1.82) is 0 Å². The molecule has 256 valence electrons. The molecule has 0 bridgehead atoms. The summed E-state index contributed by atoms with van der Waals surface area (Å²) in [5.41, 5.74) is 3.19. The van der Waals surface area contributed by atoms with E-state index in [1.54, 1.807) is 0 Å². The molecule has 0 aliphatic heterocycles. The average molecular weight is 652 g/mol. The molecule has 0 atom stereocenters. The zero-order chi connectivity index (χ0) is 33.9. The molecule has 1 aromatic heterocycles. The minimum absolute atomic E-state index is 0.0119. The van der Waals surface area contributed by atoms with Crippen LogP contribution in [0.4, 0.5) is 5.69 Å². The van der Waals surface area contributed by atoms with Crippen LogP contribution in [0, 0.1) is 0 Å².